The van der Waals surface area contributed by atoms with Crippen LogP contribution in [0.4, 0.5) is 8.78 Å². The predicted molar refractivity (Wildman–Crippen MR) is 186 cm³/mol. The summed E-state index contributed by atoms with van der Waals surface area (Å²) in [6.07, 6.45) is 17.4. The van der Waals surface area contributed by atoms with Gasteiger partial charge in [-0.15, -0.1) is 0 Å². The van der Waals surface area contributed by atoms with E-state index in [-0.39, 0.29) is 5.56 Å². The summed E-state index contributed by atoms with van der Waals surface area (Å²) in [4.78, 5) is 15.2. The molecule has 0 aliphatic heterocycles. The van der Waals surface area contributed by atoms with Gasteiger partial charge in [0.15, 0.2) is 0 Å². The lowest BCUT2D eigenvalue weighted by atomic mass is 9.97. The lowest BCUT2D eigenvalue weighted by molar-refractivity contribution is 0.565. The molecule has 0 bridgehead atoms. The number of hydrogen-bond acceptors (Lipinski definition) is 2. The maximum absolute atomic E-state index is 12.8. The number of carbonyl (C=O) groups excluding carboxylic acids is 1. The fourth-order valence-corrected chi connectivity index (χ4v) is 3.86. The number of pyridine rings is 1. The van der Waals surface area contributed by atoms with Gasteiger partial charge in [0.1, 0.15) is 17.6 Å². The van der Waals surface area contributed by atoms with Crippen molar-refractivity contribution in [3.8, 4) is 0 Å². The monoisotopic (exact) mass is 593 g/mol. The van der Waals surface area contributed by atoms with Gasteiger partial charge >= 0.3 is 0 Å². The zero-order valence-electron chi connectivity index (χ0n) is 27.2. The number of aromatic nitrogens is 1. The van der Waals surface area contributed by atoms with Crippen molar-refractivity contribution in [2.75, 3.05) is 0 Å². The highest BCUT2D eigenvalue weighted by molar-refractivity contribution is 5.95. The highest BCUT2D eigenvalue weighted by Gasteiger charge is 2.06. The number of halogens is 2. The molecule has 3 rings (SSSR count). The van der Waals surface area contributed by atoms with Gasteiger partial charge in [0.2, 0.25) is 0 Å². The summed E-state index contributed by atoms with van der Waals surface area (Å²) in [5.41, 5.74) is 8.64. The Bertz CT molecular complexity index is 1510. The van der Waals surface area contributed by atoms with Crippen molar-refractivity contribution >= 4 is 23.7 Å². The first kappa shape index (κ1) is 37.4. The van der Waals surface area contributed by atoms with Crippen LogP contribution < -0.4 is 0 Å². The van der Waals surface area contributed by atoms with Gasteiger partial charge < -0.3 is 0 Å². The Labute approximate surface area is 263 Å². The highest BCUT2D eigenvalue weighted by atomic mass is 19.1. The van der Waals surface area contributed by atoms with Gasteiger partial charge in [-0.05, 0) is 105 Å². The van der Waals surface area contributed by atoms with Crippen LogP contribution in [0.1, 0.15) is 75.8 Å². The number of aryl methyl sites for hydroxylation is 1. The van der Waals surface area contributed by atoms with Crippen molar-refractivity contribution in [3.63, 3.8) is 0 Å². The minimum Gasteiger partial charge on any atom is -0.264 e. The molecule has 0 N–H and O–H groups in total. The molecule has 0 saturated carbocycles. The molecule has 0 radical (unpaired) electrons. The molecular weight excluding hydrogens is 548 g/mol. The van der Waals surface area contributed by atoms with Gasteiger partial charge in [-0.2, -0.15) is 0 Å². The van der Waals surface area contributed by atoms with Crippen molar-refractivity contribution < 1.29 is 13.6 Å². The van der Waals surface area contributed by atoms with Gasteiger partial charge in [-0.3, -0.25) is 4.98 Å². The third kappa shape index (κ3) is 13.1. The Morgan fingerprint density at radius 2 is 1.57 bits per heavy atom. The van der Waals surface area contributed by atoms with Crippen LogP contribution in [0.15, 0.2) is 121 Å². The van der Waals surface area contributed by atoms with E-state index in [9.17, 15) is 13.6 Å². The molecule has 1 aromatic heterocycles. The van der Waals surface area contributed by atoms with E-state index >= 15 is 0 Å². The van der Waals surface area contributed by atoms with Crippen LogP contribution in [0, 0.1) is 18.6 Å². The Hall–Kier alpha value is -4.66. The van der Waals surface area contributed by atoms with E-state index in [1.165, 1.54) is 19.1 Å². The Kier molecular flexibility index (Phi) is 17.2. The van der Waals surface area contributed by atoms with E-state index in [4.69, 9.17) is 0 Å². The van der Waals surface area contributed by atoms with Gasteiger partial charge in [0, 0.05) is 23.5 Å². The fourth-order valence-electron chi connectivity index (χ4n) is 3.86. The van der Waals surface area contributed by atoms with Gasteiger partial charge in [0.25, 0.3) is 0 Å². The topological polar surface area (TPSA) is 30.0 Å². The van der Waals surface area contributed by atoms with E-state index in [1.807, 2.05) is 82.2 Å². The maximum atomic E-state index is 12.8. The summed E-state index contributed by atoms with van der Waals surface area (Å²) in [5, 5.41) is 0. The van der Waals surface area contributed by atoms with Gasteiger partial charge in [0.05, 0.1) is 0 Å². The molecule has 0 aliphatic rings. The molecule has 4 heteroatoms. The minimum atomic E-state index is -0.457. The predicted octanol–water partition coefficient (Wildman–Crippen LogP) is 11.3. The van der Waals surface area contributed by atoms with Crippen LogP contribution >= 0.6 is 0 Å². The number of benzene rings is 2. The molecule has 0 amide bonds. The van der Waals surface area contributed by atoms with Crippen molar-refractivity contribution in [2.45, 2.75) is 61.3 Å². The standard InChI is InChI=1S/C20H19NO.C11H16.C9H10F2/c1-3-4-6-17-8-10-19(11-9-17)20(16(2)15-22)13-18-7-5-12-21-14-18;1-6-7-8-11(9(2)3)10(4)5;1-3-7-4-8(10)6(2)9(11)5-7/h4-14H,3H2,1-2H3;6-8H,2,4H2,1,3,5H3;4-5H,3H2,1-2H3/b6-4+,20-13-;7-6-;. The maximum Gasteiger partial charge on any atom is 0.129 e. The average Bonchev–Trinajstić information content (AvgIpc) is 3.02. The van der Waals surface area contributed by atoms with Crippen molar-refractivity contribution in [1.29, 1.82) is 0 Å². The SMILES string of the molecule is C=C(C)C(=C/C=C\C)C(=C)C.CC/C=C/c1ccc(/C(=C\c2cccnc2)C(C)=C=O)cc1.CCc1cc(F)c(C)c(F)c1. The summed E-state index contributed by atoms with van der Waals surface area (Å²) in [7, 11) is 0. The van der Waals surface area contributed by atoms with E-state index in [1.54, 1.807) is 19.3 Å². The normalized spacial score (nSPS) is 10.7. The van der Waals surface area contributed by atoms with Crippen molar-refractivity contribution in [1.82, 2.24) is 4.98 Å². The molecule has 0 spiro atoms. The third-order valence-corrected chi connectivity index (χ3v) is 6.44. The lowest BCUT2D eigenvalue weighted by Gasteiger charge is -2.07. The van der Waals surface area contributed by atoms with Crippen LogP contribution in [0.3, 0.4) is 0 Å². The minimum absolute atomic E-state index is 0.0993. The molecule has 2 nitrogen and oxygen atoms in total. The molecule has 230 valence electrons. The Balaban J connectivity index is 0.000000370. The number of rotatable bonds is 9. The Morgan fingerprint density at radius 1 is 0.955 bits per heavy atom. The smallest absolute Gasteiger partial charge is 0.129 e. The lowest BCUT2D eigenvalue weighted by Crippen LogP contribution is -1.91. The second-order valence-electron chi connectivity index (χ2n) is 10.2. The zero-order valence-corrected chi connectivity index (χ0v) is 27.2. The largest absolute Gasteiger partial charge is 0.264 e. The second kappa shape index (κ2) is 20.3. The zero-order chi connectivity index (χ0) is 33.1. The van der Waals surface area contributed by atoms with Crippen molar-refractivity contribution in [2.24, 2.45) is 0 Å². The molecule has 0 atom stereocenters. The molecule has 1 heterocycles. The van der Waals surface area contributed by atoms with Crippen molar-refractivity contribution in [3.05, 3.63) is 160 Å². The molecule has 3 aromatic rings. The number of allylic oxidation sites excluding steroid dienone is 9. The molecule has 0 aliphatic carbocycles. The Morgan fingerprint density at radius 3 is 2.02 bits per heavy atom. The van der Waals surface area contributed by atoms with Crippen LogP contribution in [-0.4, -0.2) is 10.9 Å². The first-order valence-electron chi connectivity index (χ1n) is 14.7. The van der Waals surface area contributed by atoms with Gasteiger partial charge in [-0.25, -0.2) is 13.6 Å². The molecule has 0 fully saturated rings. The molecule has 0 unspecified atom stereocenters. The number of hydrogen-bond donors (Lipinski definition) is 0. The van der Waals surface area contributed by atoms with E-state index < -0.39 is 11.6 Å². The quantitative estimate of drug-likeness (QED) is 0.182. The fraction of sp³-hybridized carbons (Fsp3) is 0.225. The summed E-state index contributed by atoms with van der Waals surface area (Å²) in [6.45, 7) is 20.9. The van der Waals surface area contributed by atoms with E-state index in [0.29, 0.717) is 17.6 Å². The van der Waals surface area contributed by atoms with Crippen LogP contribution in [0.2, 0.25) is 0 Å². The average molecular weight is 594 g/mol. The third-order valence-electron chi connectivity index (χ3n) is 6.44. The first-order chi connectivity index (χ1) is 21.0. The van der Waals surface area contributed by atoms with Gasteiger partial charge in [-0.1, -0.05) is 98.9 Å². The second-order valence-corrected chi connectivity index (χ2v) is 10.2. The molecule has 2 aromatic carbocycles. The summed E-state index contributed by atoms with van der Waals surface area (Å²) in [6, 6.07) is 14.7. The first-order valence-corrected chi connectivity index (χ1v) is 14.7. The molecule has 0 saturated heterocycles. The molecular formula is C40H45F2NO. The van der Waals surface area contributed by atoms with Crippen LogP contribution in [0.5, 0.6) is 0 Å². The summed E-state index contributed by atoms with van der Waals surface area (Å²) in [5.74, 6) is 1.08. The molecule has 44 heavy (non-hydrogen) atoms. The van der Waals surface area contributed by atoms with Crippen LogP contribution in [-0.2, 0) is 11.2 Å². The number of nitrogens with zero attached hydrogens (tertiary/aromatic N) is 1. The van der Waals surface area contributed by atoms with E-state index in [0.717, 1.165) is 45.4 Å². The summed E-state index contributed by atoms with van der Waals surface area (Å²) < 4.78 is 25.6. The van der Waals surface area contributed by atoms with E-state index in [2.05, 4.69) is 49.4 Å². The van der Waals surface area contributed by atoms with Crippen LogP contribution in [0.25, 0.3) is 17.7 Å². The highest BCUT2D eigenvalue weighted by Crippen LogP contribution is 2.25. The summed E-state index contributed by atoms with van der Waals surface area (Å²) >= 11 is 0.